The summed E-state index contributed by atoms with van der Waals surface area (Å²) in [4.78, 5) is 2.15. The molecule has 3 nitrogen and oxygen atoms in total. The summed E-state index contributed by atoms with van der Waals surface area (Å²) in [6.07, 6.45) is 1.82. The summed E-state index contributed by atoms with van der Waals surface area (Å²) < 4.78 is 13.2. The lowest BCUT2D eigenvalue weighted by atomic mass is 10.1. The largest absolute Gasteiger partial charge is 0.298 e. The van der Waals surface area contributed by atoms with Crippen molar-refractivity contribution in [3.63, 3.8) is 0 Å². The van der Waals surface area contributed by atoms with Crippen LogP contribution in [0.5, 0.6) is 0 Å². The average molecular weight is 304 g/mol. The van der Waals surface area contributed by atoms with E-state index >= 15 is 0 Å². The van der Waals surface area contributed by atoms with Gasteiger partial charge in [-0.1, -0.05) is 35.9 Å². The molecule has 0 aliphatic heterocycles. The third-order valence-electron chi connectivity index (χ3n) is 3.44. The molecular formula is C16H15ClFN3. The van der Waals surface area contributed by atoms with E-state index in [0.717, 1.165) is 23.0 Å². The Morgan fingerprint density at radius 2 is 2.10 bits per heavy atom. The first-order valence-corrected chi connectivity index (χ1v) is 7.05. The number of halogens is 2. The van der Waals surface area contributed by atoms with E-state index in [0.29, 0.717) is 6.54 Å². The molecule has 21 heavy (non-hydrogen) atoms. The summed E-state index contributed by atoms with van der Waals surface area (Å²) in [5.41, 5.74) is 3.22. The Bertz CT molecular complexity index is 769. The molecule has 3 aromatic rings. The van der Waals surface area contributed by atoms with Crippen molar-refractivity contribution < 1.29 is 4.39 Å². The molecule has 0 fully saturated rings. The number of para-hydroxylation sites is 1. The van der Waals surface area contributed by atoms with Crippen LogP contribution in [0, 0.1) is 5.82 Å². The topological polar surface area (TPSA) is 31.9 Å². The van der Waals surface area contributed by atoms with E-state index in [4.69, 9.17) is 11.6 Å². The predicted octanol–water partition coefficient (Wildman–Crippen LogP) is 3.99. The highest BCUT2D eigenvalue weighted by Crippen LogP contribution is 2.20. The summed E-state index contributed by atoms with van der Waals surface area (Å²) in [5.74, 6) is -0.384. The van der Waals surface area contributed by atoms with Gasteiger partial charge in [-0.3, -0.25) is 10.00 Å². The van der Waals surface area contributed by atoms with E-state index in [1.807, 2.05) is 25.4 Å². The Labute approximate surface area is 127 Å². The number of nitrogens with zero attached hydrogens (tertiary/aromatic N) is 2. The van der Waals surface area contributed by atoms with Gasteiger partial charge in [-0.15, -0.1) is 0 Å². The Kier molecular flexibility index (Phi) is 3.90. The van der Waals surface area contributed by atoms with Gasteiger partial charge in [0, 0.05) is 18.5 Å². The summed E-state index contributed by atoms with van der Waals surface area (Å²) in [7, 11) is 2.02. The highest BCUT2D eigenvalue weighted by molar-refractivity contribution is 6.30. The maximum atomic E-state index is 13.2. The standard InChI is InChI=1S/C16H15ClFN3/c1-21(9-11-5-6-15(18)14(17)7-11)10-13-4-2-3-12-8-19-20-16(12)13/h2-8H,9-10H2,1H3,(H,19,20). The van der Waals surface area contributed by atoms with E-state index in [2.05, 4.69) is 21.2 Å². The lowest BCUT2D eigenvalue weighted by Gasteiger charge is -2.17. The predicted molar refractivity (Wildman–Crippen MR) is 82.7 cm³/mol. The van der Waals surface area contributed by atoms with Crippen molar-refractivity contribution in [1.29, 1.82) is 0 Å². The minimum atomic E-state index is -0.384. The van der Waals surface area contributed by atoms with Crippen LogP contribution in [0.3, 0.4) is 0 Å². The number of rotatable bonds is 4. The second kappa shape index (κ2) is 5.84. The minimum Gasteiger partial charge on any atom is -0.298 e. The molecule has 0 saturated carbocycles. The highest BCUT2D eigenvalue weighted by atomic mass is 35.5. The van der Waals surface area contributed by atoms with Crippen molar-refractivity contribution in [3.8, 4) is 0 Å². The maximum Gasteiger partial charge on any atom is 0.141 e. The minimum absolute atomic E-state index is 0.163. The molecule has 1 N–H and O–H groups in total. The number of H-pyrrole nitrogens is 1. The smallest absolute Gasteiger partial charge is 0.141 e. The second-order valence-electron chi connectivity index (χ2n) is 5.17. The number of hydrogen-bond donors (Lipinski definition) is 1. The molecule has 0 saturated heterocycles. The van der Waals surface area contributed by atoms with E-state index in [1.165, 1.54) is 11.6 Å². The van der Waals surface area contributed by atoms with Crippen LogP contribution in [-0.2, 0) is 13.1 Å². The van der Waals surface area contributed by atoms with Crippen molar-refractivity contribution in [3.05, 3.63) is 64.6 Å². The Balaban J connectivity index is 1.75. The van der Waals surface area contributed by atoms with Crippen LogP contribution >= 0.6 is 11.6 Å². The molecular weight excluding hydrogens is 289 g/mol. The molecule has 3 rings (SSSR count). The number of aromatic nitrogens is 2. The average Bonchev–Trinajstić information content (AvgIpc) is 2.92. The van der Waals surface area contributed by atoms with Crippen LogP contribution in [0.15, 0.2) is 42.6 Å². The Hall–Kier alpha value is -1.91. The fraction of sp³-hybridized carbons (Fsp3) is 0.188. The number of aromatic amines is 1. The summed E-state index contributed by atoms with van der Waals surface area (Å²) in [6, 6.07) is 11.0. The van der Waals surface area contributed by atoms with Crippen molar-refractivity contribution in [2.45, 2.75) is 13.1 Å². The lowest BCUT2D eigenvalue weighted by Crippen LogP contribution is -2.17. The molecule has 0 aliphatic carbocycles. The van der Waals surface area contributed by atoms with E-state index in [1.54, 1.807) is 12.1 Å². The van der Waals surface area contributed by atoms with Gasteiger partial charge in [-0.25, -0.2) is 4.39 Å². The highest BCUT2D eigenvalue weighted by Gasteiger charge is 2.08. The monoisotopic (exact) mass is 303 g/mol. The molecule has 0 radical (unpaired) electrons. The molecule has 0 amide bonds. The number of benzene rings is 2. The maximum absolute atomic E-state index is 13.2. The summed E-state index contributed by atoms with van der Waals surface area (Å²) >= 11 is 5.81. The number of hydrogen-bond acceptors (Lipinski definition) is 2. The molecule has 1 aromatic heterocycles. The SMILES string of the molecule is CN(Cc1ccc(F)c(Cl)c1)Cc1cccc2cn[nH]c12. The van der Waals surface area contributed by atoms with Gasteiger partial charge in [0.25, 0.3) is 0 Å². The van der Waals surface area contributed by atoms with Gasteiger partial charge in [0.15, 0.2) is 0 Å². The van der Waals surface area contributed by atoms with Gasteiger partial charge in [0.1, 0.15) is 5.82 Å². The normalized spacial score (nSPS) is 11.4. The van der Waals surface area contributed by atoms with Crippen molar-refractivity contribution >= 4 is 22.5 Å². The number of nitrogens with one attached hydrogen (secondary N) is 1. The van der Waals surface area contributed by atoms with E-state index in [-0.39, 0.29) is 10.8 Å². The van der Waals surface area contributed by atoms with Gasteiger partial charge in [-0.05, 0) is 30.3 Å². The first-order valence-electron chi connectivity index (χ1n) is 6.67. The van der Waals surface area contributed by atoms with Gasteiger partial charge in [-0.2, -0.15) is 5.10 Å². The van der Waals surface area contributed by atoms with Crippen LogP contribution in [0.4, 0.5) is 4.39 Å². The molecule has 108 valence electrons. The van der Waals surface area contributed by atoms with E-state index < -0.39 is 0 Å². The van der Waals surface area contributed by atoms with Crippen molar-refractivity contribution in [2.75, 3.05) is 7.05 Å². The first-order chi connectivity index (χ1) is 10.1. The van der Waals surface area contributed by atoms with Crippen molar-refractivity contribution in [1.82, 2.24) is 15.1 Å². The molecule has 0 aliphatic rings. The molecule has 2 aromatic carbocycles. The molecule has 5 heteroatoms. The van der Waals surface area contributed by atoms with E-state index in [9.17, 15) is 4.39 Å². The van der Waals surface area contributed by atoms with Crippen LogP contribution < -0.4 is 0 Å². The molecule has 0 spiro atoms. The summed E-state index contributed by atoms with van der Waals surface area (Å²) in [6.45, 7) is 1.47. The lowest BCUT2D eigenvalue weighted by molar-refractivity contribution is 0.320. The van der Waals surface area contributed by atoms with Gasteiger partial charge < -0.3 is 0 Å². The molecule has 1 heterocycles. The van der Waals surface area contributed by atoms with Gasteiger partial charge >= 0.3 is 0 Å². The second-order valence-corrected chi connectivity index (χ2v) is 5.58. The van der Waals surface area contributed by atoms with Crippen LogP contribution in [-0.4, -0.2) is 22.1 Å². The van der Waals surface area contributed by atoms with Crippen LogP contribution in [0.1, 0.15) is 11.1 Å². The number of fused-ring (bicyclic) bond motifs is 1. The molecule has 0 bridgehead atoms. The first kappa shape index (κ1) is 14.0. The molecule has 0 atom stereocenters. The Morgan fingerprint density at radius 1 is 1.24 bits per heavy atom. The van der Waals surface area contributed by atoms with Crippen LogP contribution in [0.25, 0.3) is 10.9 Å². The Morgan fingerprint density at radius 3 is 2.90 bits per heavy atom. The van der Waals surface area contributed by atoms with Crippen LogP contribution in [0.2, 0.25) is 5.02 Å². The third kappa shape index (κ3) is 3.06. The fourth-order valence-corrected chi connectivity index (χ4v) is 2.66. The fourth-order valence-electron chi connectivity index (χ4n) is 2.46. The van der Waals surface area contributed by atoms with Gasteiger partial charge in [0.05, 0.1) is 16.7 Å². The third-order valence-corrected chi connectivity index (χ3v) is 3.73. The zero-order valence-electron chi connectivity index (χ0n) is 11.6. The van der Waals surface area contributed by atoms with Crippen molar-refractivity contribution in [2.24, 2.45) is 0 Å². The zero-order valence-corrected chi connectivity index (χ0v) is 12.4. The quantitative estimate of drug-likeness (QED) is 0.790. The summed E-state index contributed by atoms with van der Waals surface area (Å²) in [5, 5.41) is 8.36. The zero-order chi connectivity index (χ0) is 14.8. The van der Waals surface area contributed by atoms with Gasteiger partial charge in [0.2, 0.25) is 0 Å². The molecule has 0 unspecified atom stereocenters.